The topological polar surface area (TPSA) is 55.4 Å². The van der Waals surface area contributed by atoms with Gasteiger partial charge in [0.1, 0.15) is 0 Å². The summed E-state index contributed by atoms with van der Waals surface area (Å²) in [5, 5.41) is 2.83. The SMILES string of the molecule is CCc1ccc([C@H](C)NC(=O)COC(=O)c2ccc(Br)cc2)cc1. The van der Waals surface area contributed by atoms with Crippen LogP contribution in [0, 0.1) is 0 Å². The van der Waals surface area contributed by atoms with E-state index in [0.717, 1.165) is 16.5 Å². The van der Waals surface area contributed by atoms with Gasteiger partial charge in [0, 0.05) is 4.47 Å². The van der Waals surface area contributed by atoms with Gasteiger partial charge in [0.25, 0.3) is 5.91 Å². The van der Waals surface area contributed by atoms with E-state index in [1.807, 2.05) is 31.2 Å². The van der Waals surface area contributed by atoms with Crippen LogP contribution in [0.15, 0.2) is 53.0 Å². The molecule has 126 valence electrons. The Balaban J connectivity index is 1.83. The lowest BCUT2D eigenvalue weighted by Crippen LogP contribution is -2.31. The predicted octanol–water partition coefficient (Wildman–Crippen LogP) is 4.05. The number of halogens is 1. The lowest BCUT2D eigenvalue weighted by atomic mass is 10.1. The molecular formula is C19H20BrNO3. The number of hydrogen-bond acceptors (Lipinski definition) is 3. The number of ether oxygens (including phenoxy) is 1. The van der Waals surface area contributed by atoms with Gasteiger partial charge in [0.05, 0.1) is 11.6 Å². The number of amides is 1. The summed E-state index contributed by atoms with van der Waals surface area (Å²) in [6.45, 7) is 3.70. The van der Waals surface area contributed by atoms with Crippen LogP contribution in [-0.2, 0) is 16.0 Å². The van der Waals surface area contributed by atoms with E-state index in [0.29, 0.717) is 5.56 Å². The fourth-order valence-electron chi connectivity index (χ4n) is 2.21. The summed E-state index contributed by atoms with van der Waals surface area (Å²) in [6.07, 6.45) is 0.979. The van der Waals surface area contributed by atoms with Crippen molar-refractivity contribution in [2.24, 2.45) is 0 Å². The molecule has 2 rings (SSSR count). The van der Waals surface area contributed by atoms with Gasteiger partial charge >= 0.3 is 5.97 Å². The third kappa shape index (κ3) is 5.20. The maximum Gasteiger partial charge on any atom is 0.338 e. The van der Waals surface area contributed by atoms with Crippen LogP contribution in [0.4, 0.5) is 0 Å². The quantitative estimate of drug-likeness (QED) is 0.758. The number of benzene rings is 2. The van der Waals surface area contributed by atoms with Crippen LogP contribution >= 0.6 is 15.9 Å². The molecule has 0 radical (unpaired) electrons. The van der Waals surface area contributed by atoms with Gasteiger partial charge in [-0.15, -0.1) is 0 Å². The van der Waals surface area contributed by atoms with Crippen molar-refractivity contribution in [2.75, 3.05) is 6.61 Å². The van der Waals surface area contributed by atoms with Crippen LogP contribution in [0.25, 0.3) is 0 Å². The maximum absolute atomic E-state index is 11.9. The van der Waals surface area contributed by atoms with Crippen molar-refractivity contribution >= 4 is 27.8 Å². The first kappa shape index (κ1) is 18.2. The van der Waals surface area contributed by atoms with Gasteiger partial charge in [-0.3, -0.25) is 4.79 Å². The molecule has 5 heteroatoms. The van der Waals surface area contributed by atoms with Crippen molar-refractivity contribution < 1.29 is 14.3 Å². The van der Waals surface area contributed by atoms with Gasteiger partial charge < -0.3 is 10.1 Å². The molecule has 0 saturated heterocycles. The van der Waals surface area contributed by atoms with Crippen molar-refractivity contribution in [1.29, 1.82) is 0 Å². The fraction of sp³-hybridized carbons (Fsp3) is 0.263. The van der Waals surface area contributed by atoms with Crippen molar-refractivity contribution in [2.45, 2.75) is 26.3 Å². The molecule has 0 saturated carbocycles. The minimum absolute atomic E-state index is 0.144. The molecule has 2 aromatic carbocycles. The molecule has 1 atom stereocenters. The van der Waals surface area contributed by atoms with Gasteiger partial charge in [-0.1, -0.05) is 47.1 Å². The number of rotatable bonds is 6. The van der Waals surface area contributed by atoms with Crippen molar-refractivity contribution in [3.05, 3.63) is 69.7 Å². The van der Waals surface area contributed by atoms with E-state index < -0.39 is 5.97 Å². The molecule has 0 aliphatic heterocycles. The molecular weight excluding hydrogens is 370 g/mol. The fourth-order valence-corrected chi connectivity index (χ4v) is 2.47. The Kier molecular flexibility index (Phi) is 6.55. The summed E-state index contributed by atoms with van der Waals surface area (Å²) in [4.78, 5) is 23.8. The van der Waals surface area contributed by atoms with E-state index in [9.17, 15) is 9.59 Å². The molecule has 0 aliphatic carbocycles. The monoisotopic (exact) mass is 389 g/mol. The number of carbonyl (C=O) groups is 2. The second kappa shape index (κ2) is 8.64. The zero-order valence-electron chi connectivity index (χ0n) is 13.7. The van der Waals surface area contributed by atoms with Gasteiger partial charge in [-0.05, 0) is 48.7 Å². The van der Waals surface area contributed by atoms with Crippen LogP contribution in [0.5, 0.6) is 0 Å². The summed E-state index contributed by atoms with van der Waals surface area (Å²) >= 11 is 3.30. The Morgan fingerprint density at radius 2 is 1.71 bits per heavy atom. The highest BCUT2D eigenvalue weighted by Gasteiger charge is 2.13. The molecule has 4 nitrogen and oxygen atoms in total. The first-order valence-electron chi connectivity index (χ1n) is 7.80. The zero-order chi connectivity index (χ0) is 17.5. The summed E-state index contributed by atoms with van der Waals surface area (Å²) in [5.74, 6) is -0.842. The molecule has 0 aromatic heterocycles. The minimum atomic E-state index is -0.516. The number of carbonyl (C=O) groups excluding carboxylic acids is 2. The molecule has 0 heterocycles. The molecule has 24 heavy (non-hydrogen) atoms. The van der Waals surface area contributed by atoms with Gasteiger partial charge in [0.15, 0.2) is 6.61 Å². The normalized spacial score (nSPS) is 11.6. The number of hydrogen-bond donors (Lipinski definition) is 1. The highest BCUT2D eigenvalue weighted by molar-refractivity contribution is 9.10. The van der Waals surface area contributed by atoms with Gasteiger partial charge in [-0.25, -0.2) is 4.79 Å². The largest absolute Gasteiger partial charge is 0.452 e. The van der Waals surface area contributed by atoms with Crippen LogP contribution in [0.1, 0.15) is 41.4 Å². The Hall–Kier alpha value is -2.14. The maximum atomic E-state index is 11.9. The summed E-state index contributed by atoms with van der Waals surface area (Å²) < 4.78 is 5.91. The van der Waals surface area contributed by atoms with E-state index in [1.54, 1.807) is 24.3 Å². The number of aryl methyl sites for hydroxylation is 1. The number of nitrogens with one attached hydrogen (secondary N) is 1. The number of esters is 1. The summed E-state index contributed by atoms with van der Waals surface area (Å²) in [6, 6.07) is 14.7. The van der Waals surface area contributed by atoms with Gasteiger partial charge in [-0.2, -0.15) is 0 Å². The van der Waals surface area contributed by atoms with Crippen molar-refractivity contribution in [3.8, 4) is 0 Å². The average molecular weight is 390 g/mol. The molecule has 1 N–H and O–H groups in total. The van der Waals surface area contributed by atoms with Gasteiger partial charge in [0.2, 0.25) is 0 Å². The Morgan fingerprint density at radius 3 is 2.29 bits per heavy atom. The standard InChI is InChI=1S/C19H20BrNO3/c1-3-14-4-6-15(7-5-14)13(2)21-18(22)12-24-19(23)16-8-10-17(20)11-9-16/h4-11,13H,3,12H2,1-2H3,(H,21,22)/t13-/m0/s1. The molecule has 0 unspecified atom stereocenters. The minimum Gasteiger partial charge on any atom is -0.452 e. The van der Waals surface area contributed by atoms with Crippen LogP contribution in [-0.4, -0.2) is 18.5 Å². The molecule has 0 aliphatic rings. The lowest BCUT2D eigenvalue weighted by Gasteiger charge is -2.15. The lowest BCUT2D eigenvalue weighted by molar-refractivity contribution is -0.124. The van der Waals surface area contributed by atoms with E-state index in [-0.39, 0.29) is 18.6 Å². The first-order chi connectivity index (χ1) is 11.5. The van der Waals surface area contributed by atoms with E-state index >= 15 is 0 Å². The van der Waals surface area contributed by atoms with Crippen LogP contribution in [0.3, 0.4) is 0 Å². The van der Waals surface area contributed by atoms with E-state index in [2.05, 4.69) is 28.2 Å². The Labute approximate surface area is 150 Å². The molecule has 0 spiro atoms. The highest BCUT2D eigenvalue weighted by atomic mass is 79.9. The Bertz CT molecular complexity index is 696. The summed E-state index contributed by atoms with van der Waals surface area (Å²) in [5.41, 5.74) is 2.68. The predicted molar refractivity (Wildman–Crippen MR) is 96.8 cm³/mol. The van der Waals surface area contributed by atoms with Crippen molar-refractivity contribution in [3.63, 3.8) is 0 Å². The second-order valence-electron chi connectivity index (χ2n) is 5.47. The molecule has 0 fully saturated rings. The van der Waals surface area contributed by atoms with E-state index in [1.165, 1.54) is 5.56 Å². The average Bonchev–Trinajstić information content (AvgIpc) is 2.60. The van der Waals surface area contributed by atoms with Crippen molar-refractivity contribution in [1.82, 2.24) is 5.32 Å². The molecule has 1 amide bonds. The van der Waals surface area contributed by atoms with Crippen LogP contribution in [0.2, 0.25) is 0 Å². The third-order valence-corrected chi connectivity index (χ3v) is 4.21. The summed E-state index contributed by atoms with van der Waals surface area (Å²) in [7, 11) is 0. The van der Waals surface area contributed by atoms with E-state index in [4.69, 9.17) is 4.74 Å². The third-order valence-electron chi connectivity index (χ3n) is 3.68. The molecule has 0 bridgehead atoms. The molecule has 2 aromatic rings. The zero-order valence-corrected chi connectivity index (χ0v) is 15.3. The first-order valence-corrected chi connectivity index (χ1v) is 8.59. The van der Waals surface area contributed by atoms with Crippen LogP contribution < -0.4 is 5.32 Å². The Morgan fingerprint density at radius 1 is 1.08 bits per heavy atom. The highest BCUT2D eigenvalue weighted by Crippen LogP contribution is 2.14. The smallest absolute Gasteiger partial charge is 0.338 e. The second-order valence-corrected chi connectivity index (χ2v) is 6.38.